The van der Waals surface area contributed by atoms with E-state index in [-0.39, 0.29) is 0 Å². The van der Waals surface area contributed by atoms with Gasteiger partial charge in [-0.25, -0.2) is 0 Å². The smallest absolute Gasteiger partial charge is 0.301 e. The van der Waals surface area contributed by atoms with E-state index in [4.69, 9.17) is 25.0 Å². The Morgan fingerprint density at radius 3 is 2.27 bits per heavy atom. The van der Waals surface area contributed by atoms with Crippen LogP contribution in [0.25, 0.3) is 0 Å². The Labute approximate surface area is 87.6 Å². The maximum atomic E-state index is 10.7. The average Bonchev–Trinajstić information content (AvgIpc) is 2.22. The monoisotopic (exact) mass is 244 g/mol. The maximum absolute atomic E-state index is 10.7. The van der Waals surface area contributed by atoms with Crippen LogP contribution in [-0.2, 0) is 20.3 Å². The third-order valence-corrected chi connectivity index (χ3v) is 1.88. The number of aliphatic hydroxyl groups is 4. The van der Waals surface area contributed by atoms with Crippen molar-refractivity contribution in [3.05, 3.63) is 0 Å². The first-order valence-corrected chi connectivity index (χ1v) is 4.85. The number of aliphatic hydroxyl groups excluding tert-OH is 4. The van der Waals surface area contributed by atoms with Crippen LogP contribution >= 0.6 is 0 Å². The first kappa shape index (κ1) is 14.6. The predicted octanol–water partition coefficient (Wildman–Crippen LogP) is -3.22. The van der Waals surface area contributed by atoms with Crippen molar-refractivity contribution in [2.75, 3.05) is 13.2 Å². The molecule has 0 saturated heterocycles. The van der Waals surface area contributed by atoms with Crippen LogP contribution in [0.1, 0.15) is 0 Å². The van der Waals surface area contributed by atoms with Gasteiger partial charge in [-0.1, -0.05) is 0 Å². The summed E-state index contributed by atoms with van der Waals surface area (Å²) in [5.41, 5.74) is 0. The highest BCUT2D eigenvalue weighted by Crippen LogP contribution is 2.02. The number of ketones is 1. The van der Waals surface area contributed by atoms with Crippen LogP contribution in [0.3, 0.4) is 0 Å². The fourth-order valence-electron chi connectivity index (χ4n) is 0.721. The van der Waals surface area contributed by atoms with Crippen LogP contribution in [-0.4, -0.2) is 66.5 Å². The molecule has 1 unspecified atom stereocenters. The average molecular weight is 244 g/mol. The molecule has 9 heteroatoms. The standard InChI is InChI=1S/C6H12O8S/c7-1-3(8)5(10)6(11)4(9)2-14-15(12)13/h4-7,9-11H,1-2H2,(H,12,13)/t4-,5-,6-/m1/s1. The summed E-state index contributed by atoms with van der Waals surface area (Å²) in [4.78, 5) is 10.7. The molecule has 90 valence electrons. The van der Waals surface area contributed by atoms with E-state index in [9.17, 15) is 9.00 Å². The van der Waals surface area contributed by atoms with Gasteiger partial charge in [0.1, 0.15) is 24.9 Å². The molecule has 0 rings (SSSR count). The molecular weight excluding hydrogens is 232 g/mol. The number of hydrogen-bond donors (Lipinski definition) is 5. The summed E-state index contributed by atoms with van der Waals surface area (Å²) < 4.78 is 22.2. The third-order valence-electron chi connectivity index (χ3n) is 1.54. The molecular formula is C6H12O8S. The molecule has 4 atom stereocenters. The first-order chi connectivity index (χ1) is 6.90. The molecule has 0 aromatic carbocycles. The third kappa shape index (κ3) is 5.28. The quantitative estimate of drug-likeness (QED) is 0.294. The SMILES string of the molecule is O=C(CO)[C@@H](O)[C@H](O)[C@H](O)COS(=O)O. The van der Waals surface area contributed by atoms with E-state index in [0.717, 1.165) is 0 Å². The summed E-state index contributed by atoms with van der Waals surface area (Å²) in [6.45, 7) is -1.72. The van der Waals surface area contributed by atoms with Crippen molar-refractivity contribution >= 4 is 17.1 Å². The van der Waals surface area contributed by atoms with Crippen molar-refractivity contribution < 1.29 is 38.2 Å². The largest absolute Gasteiger partial charge is 0.388 e. The lowest BCUT2D eigenvalue weighted by Crippen LogP contribution is -2.45. The molecule has 5 N–H and O–H groups in total. The molecule has 0 saturated carbocycles. The van der Waals surface area contributed by atoms with Gasteiger partial charge >= 0.3 is 11.4 Å². The highest BCUT2D eigenvalue weighted by Gasteiger charge is 2.30. The lowest BCUT2D eigenvalue weighted by atomic mass is 10.1. The van der Waals surface area contributed by atoms with Gasteiger partial charge in [0.05, 0.1) is 6.61 Å². The van der Waals surface area contributed by atoms with Gasteiger partial charge < -0.3 is 20.4 Å². The van der Waals surface area contributed by atoms with Gasteiger partial charge in [0.25, 0.3) is 0 Å². The molecule has 0 bridgehead atoms. The minimum absolute atomic E-state index is 0.736. The number of Topliss-reactive ketones (excluding diaryl/α,β-unsaturated/α-hetero) is 1. The van der Waals surface area contributed by atoms with Crippen LogP contribution in [0.15, 0.2) is 0 Å². The van der Waals surface area contributed by atoms with Crippen molar-refractivity contribution in [3.8, 4) is 0 Å². The number of hydrogen-bond acceptors (Lipinski definition) is 7. The second-order valence-corrected chi connectivity index (χ2v) is 3.30. The minimum atomic E-state index is -2.62. The Balaban J connectivity index is 4.12. The topological polar surface area (TPSA) is 145 Å². The van der Waals surface area contributed by atoms with Crippen molar-refractivity contribution in [3.63, 3.8) is 0 Å². The predicted molar refractivity (Wildman–Crippen MR) is 46.8 cm³/mol. The summed E-state index contributed by atoms with van der Waals surface area (Å²) in [5.74, 6) is -1.08. The molecule has 0 amide bonds. The molecule has 0 aromatic heterocycles. The summed E-state index contributed by atoms with van der Waals surface area (Å²) in [7, 11) is 0. The molecule has 0 radical (unpaired) electrons. The summed E-state index contributed by atoms with van der Waals surface area (Å²) in [5, 5.41) is 35.5. The van der Waals surface area contributed by atoms with Gasteiger partial charge in [-0.3, -0.25) is 13.5 Å². The number of carbonyl (C=O) groups is 1. The molecule has 0 heterocycles. The Hall–Kier alpha value is -0.420. The normalized spacial score (nSPS) is 19.3. The zero-order chi connectivity index (χ0) is 12.0. The Bertz CT molecular complexity index is 231. The van der Waals surface area contributed by atoms with Gasteiger partial charge in [0.15, 0.2) is 5.78 Å². The van der Waals surface area contributed by atoms with E-state index in [1.807, 2.05) is 0 Å². The van der Waals surface area contributed by atoms with Crippen molar-refractivity contribution in [2.24, 2.45) is 0 Å². The lowest BCUT2D eigenvalue weighted by Gasteiger charge is -2.20. The van der Waals surface area contributed by atoms with Crippen LogP contribution in [0.5, 0.6) is 0 Å². The molecule has 0 spiro atoms. The van der Waals surface area contributed by atoms with E-state index in [2.05, 4.69) is 4.18 Å². The van der Waals surface area contributed by atoms with Crippen molar-refractivity contribution in [1.29, 1.82) is 0 Å². The number of carbonyl (C=O) groups excluding carboxylic acids is 1. The van der Waals surface area contributed by atoms with Crippen LogP contribution in [0.4, 0.5) is 0 Å². The zero-order valence-corrected chi connectivity index (χ0v) is 8.33. The molecule has 15 heavy (non-hydrogen) atoms. The van der Waals surface area contributed by atoms with Gasteiger partial charge in [0, 0.05) is 0 Å². The van der Waals surface area contributed by atoms with Gasteiger partial charge in [0.2, 0.25) is 0 Å². The van der Waals surface area contributed by atoms with E-state index in [0.29, 0.717) is 0 Å². The van der Waals surface area contributed by atoms with Crippen LogP contribution in [0.2, 0.25) is 0 Å². The van der Waals surface area contributed by atoms with Crippen molar-refractivity contribution in [2.45, 2.75) is 18.3 Å². The summed E-state index contributed by atoms with van der Waals surface area (Å²) in [6.07, 6.45) is -5.58. The van der Waals surface area contributed by atoms with Crippen LogP contribution in [0, 0.1) is 0 Å². The van der Waals surface area contributed by atoms with Crippen LogP contribution < -0.4 is 0 Å². The second-order valence-electron chi connectivity index (χ2n) is 2.63. The molecule has 0 fully saturated rings. The lowest BCUT2D eigenvalue weighted by molar-refractivity contribution is -0.142. The highest BCUT2D eigenvalue weighted by molar-refractivity contribution is 7.74. The molecule has 8 nitrogen and oxygen atoms in total. The Morgan fingerprint density at radius 1 is 1.33 bits per heavy atom. The van der Waals surface area contributed by atoms with E-state index in [1.54, 1.807) is 0 Å². The van der Waals surface area contributed by atoms with E-state index < -0.39 is 48.7 Å². The summed E-state index contributed by atoms with van der Waals surface area (Å²) >= 11 is -2.62. The Kier molecular flexibility index (Phi) is 6.76. The van der Waals surface area contributed by atoms with Crippen molar-refractivity contribution in [1.82, 2.24) is 0 Å². The zero-order valence-electron chi connectivity index (χ0n) is 7.52. The van der Waals surface area contributed by atoms with Gasteiger partial charge in [-0.15, -0.1) is 0 Å². The second kappa shape index (κ2) is 6.95. The molecule has 0 aliphatic rings. The number of rotatable bonds is 7. The van der Waals surface area contributed by atoms with E-state index in [1.165, 1.54) is 0 Å². The highest BCUT2D eigenvalue weighted by atomic mass is 32.2. The van der Waals surface area contributed by atoms with Gasteiger partial charge in [-0.2, -0.15) is 4.21 Å². The van der Waals surface area contributed by atoms with E-state index >= 15 is 0 Å². The Morgan fingerprint density at radius 2 is 1.87 bits per heavy atom. The molecule has 0 aliphatic carbocycles. The fourth-order valence-corrected chi connectivity index (χ4v) is 0.977. The molecule has 0 aromatic rings. The summed E-state index contributed by atoms with van der Waals surface area (Å²) in [6, 6.07) is 0. The van der Waals surface area contributed by atoms with Gasteiger partial charge in [-0.05, 0) is 0 Å². The molecule has 0 aliphatic heterocycles. The first-order valence-electron chi connectivity index (χ1n) is 3.82. The fraction of sp³-hybridized carbons (Fsp3) is 0.833. The maximum Gasteiger partial charge on any atom is 0.301 e. The minimum Gasteiger partial charge on any atom is -0.388 e.